The fraction of sp³-hybridized carbons (Fsp3) is 0.381. The number of rotatable bonds is 8. The van der Waals surface area contributed by atoms with E-state index >= 15 is 0 Å². The molecule has 0 saturated heterocycles. The standard InChI is InChI=1S/C21H29ClN4O/c1-23-21(24-11-10-18-8-9-19(27-4)13-20(18)22)25-14-16-6-5-7-17(12-16)15-26(2)3/h5-9,12-13H,10-11,14-15H2,1-4H3,(H2,23,24,25). The number of methoxy groups -OCH3 is 1. The SMILES string of the molecule is CN=C(NCCc1ccc(OC)cc1Cl)NCc1cccc(CN(C)C)c1. The Balaban J connectivity index is 1.82. The van der Waals surface area contributed by atoms with Crippen molar-refractivity contribution >= 4 is 17.6 Å². The topological polar surface area (TPSA) is 48.9 Å². The molecule has 0 aliphatic rings. The van der Waals surface area contributed by atoms with Crippen molar-refractivity contribution in [3.63, 3.8) is 0 Å². The van der Waals surface area contributed by atoms with Crippen LogP contribution < -0.4 is 15.4 Å². The van der Waals surface area contributed by atoms with Crippen molar-refractivity contribution in [2.24, 2.45) is 4.99 Å². The lowest BCUT2D eigenvalue weighted by atomic mass is 10.1. The maximum Gasteiger partial charge on any atom is 0.191 e. The summed E-state index contributed by atoms with van der Waals surface area (Å²) in [6.45, 7) is 2.40. The van der Waals surface area contributed by atoms with Crippen LogP contribution in [0.2, 0.25) is 5.02 Å². The second-order valence-corrected chi connectivity index (χ2v) is 7.02. The summed E-state index contributed by atoms with van der Waals surface area (Å²) in [4.78, 5) is 6.45. The number of benzene rings is 2. The number of guanidine groups is 1. The summed E-state index contributed by atoms with van der Waals surface area (Å²) in [6.07, 6.45) is 0.807. The van der Waals surface area contributed by atoms with Gasteiger partial charge in [0.15, 0.2) is 5.96 Å². The van der Waals surface area contributed by atoms with E-state index in [4.69, 9.17) is 16.3 Å². The molecule has 0 radical (unpaired) electrons. The Hall–Kier alpha value is -2.24. The van der Waals surface area contributed by atoms with Crippen molar-refractivity contribution in [1.29, 1.82) is 0 Å². The molecule has 0 aliphatic carbocycles. The van der Waals surface area contributed by atoms with E-state index in [0.29, 0.717) is 0 Å². The van der Waals surface area contributed by atoms with Gasteiger partial charge in [-0.15, -0.1) is 0 Å². The normalized spacial score (nSPS) is 11.6. The molecule has 2 rings (SSSR count). The van der Waals surface area contributed by atoms with Gasteiger partial charge >= 0.3 is 0 Å². The van der Waals surface area contributed by atoms with Crippen LogP contribution in [0.5, 0.6) is 5.75 Å². The third-order valence-electron chi connectivity index (χ3n) is 4.12. The zero-order valence-electron chi connectivity index (χ0n) is 16.6. The molecule has 0 spiro atoms. The monoisotopic (exact) mass is 388 g/mol. The molecule has 0 bridgehead atoms. The average Bonchev–Trinajstić information content (AvgIpc) is 2.65. The molecule has 0 atom stereocenters. The highest BCUT2D eigenvalue weighted by Gasteiger charge is 2.04. The summed E-state index contributed by atoms with van der Waals surface area (Å²) in [7, 11) is 7.56. The van der Waals surface area contributed by atoms with Gasteiger partial charge in [0.1, 0.15) is 5.75 Å². The maximum atomic E-state index is 6.29. The molecule has 0 unspecified atom stereocenters. The van der Waals surface area contributed by atoms with Crippen LogP contribution >= 0.6 is 11.6 Å². The van der Waals surface area contributed by atoms with Crippen molar-refractivity contribution < 1.29 is 4.74 Å². The van der Waals surface area contributed by atoms with Crippen LogP contribution in [0.3, 0.4) is 0 Å². The molecule has 0 amide bonds. The van der Waals surface area contributed by atoms with E-state index in [1.54, 1.807) is 14.2 Å². The smallest absolute Gasteiger partial charge is 0.191 e. The Morgan fingerprint density at radius 2 is 1.89 bits per heavy atom. The second kappa shape index (κ2) is 10.8. The van der Waals surface area contributed by atoms with Crippen LogP contribution in [0, 0.1) is 0 Å². The second-order valence-electron chi connectivity index (χ2n) is 6.62. The lowest BCUT2D eigenvalue weighted by Crippen LogP contribution is -2.37. The zero-order valence-corrected chi connectivity index (χ0v) is 17.3. The quantitative estimate of drug-likeness (QED) is 0.538. The third-order valence-corrected chi connectivity index (χ3v) is 4.47. The number of nitrogens with zero attached hydrogens (tertiary/aromatic N) is 2. The van der Waals surface area contributed by atoms with Crippen molar-refractivity contribution in [2.45, 2.75) is 19.5 Å². The minimum absolute atomic E-state index is 0.719. The van der Waals surface area contributed by atoms with E-state index in [-0.39, 0.29) is 0 Å². The number of hydrogen-bond donors (Lipinski definition) is 2. The van der Waals surface area contributed by atoms with Gasteiger partial charge in [-0.2, -0.15) is 0 Å². The third kappa shape index (κ3) is 7.12. The fourth-order valence-electron chi connectivity index (χ4n) is 2.78. The summed E-state index contributed by atoms with van der Waals surface area (Å²) in [5, 5.41) is 7.41. The van der Waals surface area contributed by atoms with Gasteiger partial charge < -0.3 is 20.3 Å². The average molecular weight is 389 g/mol. The van der Waals surface area contributed by atoms with Gasteiger partial charge in [0.25, 0.3) is 0 Å². The molecule has 0 fully saturated rings. The molecule has 0 aromatic heterocycles. The van der Waals surface area contributed by atoms with Crippen LogP contribution in [0.4, 0.5) is 0 Å². The van der Waals surface area contributed by atoms with Crippen LogP contribution in [-0.4, -0.2) is 45.7 Å². The van der Waals surface area contributed by atoms with Gasteiger partial charge in [-0.3, -0.25) is 4.99 Å². The first-order chi connectivity index (χ1) is 13.0. The predicted octanol–water partition coefficient (Wildman–Crippen LogP) is 3.32. The van der Waals surface area contributed by atoms with Gasteiger partial charge in [-0.1, -0.05) is 41.9 Å². The summed E-state index contributed by atoms with van der Waals surface area (Å²) in [5.41, 5.74) is 3.61. The van der Waals surface area contributed by atoms with E-state index in [2.05, 4.69) is 58.9 Å². The molecule has 6 heteroatoms. The first kappa shape index (κ1) is 21.1. The van der Waals surface area contributed by atoms with E-state index < -0.39 is 0 Å². The molecule has 146 valence electrons. The lowest BCUT2D eigenvalue weighted by Gasteiger charge is -2.14. The van der Waals surface area contributed by atoms with Crippen LogP contribution in [-0.2, 0) is 19.5 Å². The summed E-state index contributed by atoms with van der Waals surface area (Å²) in [5.74, 6) is 1.54. The van der Waals surface area contributed by atoms with Crippen molar-refractivity contribution in [3.05, 3.63) is 64.2 Å². The van der Waals surface area contributed by atoms with Gasteiger partial charge in [-0.25, -0.2) is 0 Å². The van der Waals surface area contributed by atoms with E-state index in [1.807, 2.05) is 18.2 Å². The Morgan fingerprint density at radius 3 is 2.56 bits per heavy atom. The Kier molecular flexibility index (Phi) is 8.43. The number of hydrogen-bond acceptors (Lipinski definition) is 3. The first-order valence-corrected chi connectivity index (χ1v) is 9.39. The Bertz CT molecular complexity index is 762. The van der Waals surface area contributed by atoms with Crippen LogP contribution in [0.25, 0.3) is 0 Å². The minimum Gasteiger partial charge on any atom is -0.497 e. The fourth-order valence-corrected chi connectivity index (χ4v) is 3.05. The van der Waals surface area contributed by atoms with Gasteiger partial charge in [0.05, 0.1) is 7.11 Å². The molecule has 0 heterocycles. The molecule has 5 nitrogen and oxygen atoms in total. The number of aliphatic imine (C=N–C) groups is 1. The van der Waals surface area contributed by atoms with Crippen LogP contribution in [0.1, 0.15) is 16.7 Å². The predicted molar refractivity (Wildman–Crippen MR) is 114 cm³/mol. The summed E-state index contributed by atoms with van der Waals surface area (Å²) < 4.78 is 5.18. The summed E-state index contributed by atoms with van der Waals surface area (Å²) >= 11 is 6.29. The molecular weight excluding hydrogens is 360 g/mol. The van der Waals surface area contributed by atoms with Crippen molar-refractivity contribution in [2.75, 3.05) is 34.8 Å². The van der Waals surface area contributed by atoms with Crippen molar-refractivity contribution in [3.8, 4) is 5.75 Å². The molecule has 0 aliphatic heterocycles. The summed E-state index contributed by atoms with van der Waals surface area (Å²) in [6, 6.07) is 14.3. The molecule has 2 N–H and O–H groups in total. The highest BCUT2D eigenvalue weighted by atomic mass is 35.5. The maximum absolute atomic E-state index is 6.29. The number of ether oxygens (including phenoxy) is 1. The molecule has 0 saturated carbocycles. The highest BCUT2D eigenvalue weighted by molar-refractivity contribution is 6.31. The largest absolute Gasteiger partial charge is 0.497 e. The van der Waals surface area contributed by atoms with Crippen molar-refractivity contribution in [1.82, 2.24) is 15.5 Å². The van der Waals surface area contributed by atoms with Gasteiger partial charge in [0.2, 0.25) is 0 Å². The van der Waals surface area contributed by atoms with E-state index in [1.165, 1.54) is 11.1 Å². The first-order valence-electron chi connectivity index (χ1n) is 9.01. The van der Waals surface area contributed by atoms with Gasteiger partial charge in [-0.05, 0) is 49.3 Å². The number of nitrogens with one attached hydrogen (secondary N) is 2. The Morgan fingerprint density at radius 1 is 1.11 bits per heavy atom. The zero-order chi connectivity index (χ0) is 19.6. The molecule has 2 aromatic rings. The number of halogens is 1. The highest BCUT2D eigenvalue weighted by Crippen LogP contribution is 2.22. The molecular formula is C21H29ClN4O. The molecule has 2 aromatic carbocycles. The van der Waals surface area contributed by atoms with Crippen LogP contribution in [0.15, 0.2) is 47.5 Å². The minimum atomic E-state index is 0.719. The van der Waals surface area contributed by atoms with E-state index in [0.717, 1.165) is 48.4 Å². The van der Waals surface area contributed by atoms with Gasteiger partial charge in [0, 0.05) is 31.7 Å². The lowest BCUT2D eigenvalue weighted by molar-refractivity contribution is 0.402. The Labute approximate surface area is 167 Å². The van der Waals surface area contributed by atoms with E-state index in [9.17, 15) is 0 Å². The molecule has 27 heavy (non-hydrogen) atoms.